The fourth-order valence-corrected chi connectivity index (χ4v) is 4.92. The Morgan fingerprint density at radius 1 is 1.06 bits per heavy atom. The zero-order valence-electron chi connectivity index (χ0n) is 17.9. The van der Waals surface area contributed by atoms with E-state index in [-0.39, 0.29) is 6.10 Å². The SMILES string of the molecule is Cc1ccc(-c2ccc3nc(OC(C)C4CCN(c5nnnn5C)CC4)sc3n2)cc1. The third-order valence-electron chi connectivity index (χ3n) is 5.95. The molecule has 1 aromatic carbocycles. The number of fused-ring (bicyclic) bond motifs is 1. The van der Waals surface area contributed by atoms with E-state index in [1.54, 1.807) is 4.68 Å². The van der Waals surface area contributed by atoms with Gasteiger partial charge in [0.25, 0.3) is 5.19 Å². The molecule has 1 atom stereocenters. The van der Waals surface area contributed by atoms with Crippen molar-refractivity contribution in [3.05, 3.63) is 42.0 Å². The fraction of sp³-hybridized carbons (Fsp3) is 0.409. The molecule has 0 bridgehead atoms. The fourth-order valence-electron chi connectivity index (χ4n) is 4.05. The Bertz CT molecular complexity index is 1180. The van der Waals surface area contributed by atoms with Crippen molar-refractivity contribution in [3.8, 4) is 16.5 Å². The van der Waals surface area contributed by atoms with Crippen LogP contribution in [-0.2, 0) is 7.05 Å². The number of nitrogens with zero attached hydrogens (tertiary/aromatic N) is 7. The van der Waals surface area contributed by atoms with Crippen molar-refractivity contribution < 1.29 is 4.74 Å². The summed E-state index contributed by atoms with van der Waals surface area (Å²) in [4.78, 5) is 12.6. The lowest BCUT2D eigenvalue weighted by atomic mass is 9.92. The molecule has 0 amide bonds. The third-order valence-corrected chi connectivity index (χ3v) is 6.81. The molecular weight excluding hydrogens is 410 g/mol. The molecule has 4 aromatic rings. The van der Waals surface area contributed by atoms with Gasteiger partial charge in [0.2, 0.25) is 5.95 Å². The Hall–Kier alpha value is -3.07. The first-order chi connectivity index (χ1) is 15.1. The number of benzene rings is 1. The summed E-state index contributed by atoms with van der Waals surface area (Å²) >= 11 is 1.52. The van der Waals surface area contributed by atoms with E-state index in [4.69, 9.17) is 9.72 Å². The Labute approximate surface area is 184 Å². The number of hydrogen-bond acceptors (Lipinski definition) is 8. The Kier molecular flexibility index (Phi) is 5.27. The number of thiazole rings is 1. The number of rotatable bonds is 5. The van der Waals surface area contributed by atoms with Gasteiger partial charge in [-0.25, -0.2) is 14.6 Å². The van der Waals surface area contributed by atoms with Crippen molar-refractivity contribution in [1.29, 1.82) is 0 Å². The maximum atomic E-state index is 6.25. The van der Waals surface area contributed by atoms with Crippen LogP contribution in [-0.4, -0.2) is 49.4 Å². The van der Waals surface area contributed by atoms with Crippen LogP contribution in [0.4, 0.5) is 5.95 Å². The zero-order chi connectivity index (χ0) is 21.4. The van der Waals surface area contributed by atoms with Gasteiger partial charge < -0.3 is 9.64 Å². The normalized spacial score (nSPS) is 16.0. The minimum atomic E-state index is 0.0944. The summed E-state index contributed by atoms with van der Waals surface area (Å²) in [5, 5.41) is 12.5. The monoisotopic (exact) mass is 435 g/mol. The molecule has 1 saturated heterocycles. The minimum Gasteiger partial charge on any atom is -0.467 e. The van der Waals surface area contributed by atoms with E-state index in [0.29, 0.717) is 11.1 Å². The molecule has 3 aromatic heterocycles. The Balaban J connectivity index is 1.25. The van der Waals surface area contributed by atoms with Gasteiger partial charge in [0.1, 0.15) is 16.5 Å². The van der Waals surface area contributed by atoms with Crippen molar-refractivity contribution in [3.63, 3.8) is 0 Å². The molecule has 9 heteroatoms. The van der Waals surface area contributed by atoms with Gasteiger partial charge in [-0.1, -0.05) is 46.3 Å². The van der Waals surface area contributed by atoms with E-state index in [9.17, 15) is 0 Å². The average molecular weight is 436 g/mol. The lowest BCUT2D eigenvalue weighted by molar-refractivity contribution is 0.132. The average Bonchev–Trinajstić information content (AvgIpc) is 3.39. The van der Waals surface area contributed by atoms with Crippen LogP contribution in [0.5, 0.6) is 5.19 Å². The summed E-state index contributed by atoms with van der Waals surface area (Å²) in [5.74, 6) is 1.30. The summed E-state index contributed by atoms with van der Waals surface area (Å²) in [6.07, 6.45) is 2.17. The van der Waals surface area contributed by atoms with Gasteiger partial charge in [-0.05, 0) is 55.2 Å². The molecule has 1 unspecified atom stereocenters. The van der Waals surface area contributed by atoms with E-state index >= 15 is 0 Å². The Morgan fingerprint density at radius 2 is 1.84 bits per heavy atom. The molecule has 1 fully saturated rings. The number of pyridine rings is 1. The molecule has 160 valence electrons. The lowest BCUT2D eigenvalue weighted by Gasteiger charge is -2.34. The molecule has 1 aliphatic rings. The highest BCUT2D eigenvalue weighted by Crippen LogP contribution is 2.32. The highest BCUT2D eigenvalue weighted by molar-refractivity contribution is 7.19. The summed E-state index contributed by atoms with van der Waals surface area (Å²) in [6.45, 7) is 6.08. The largest absolute Gasteiger partial charge is 0.467 e. The second kappa shape index (κ2) is 8.22. The molecule has 0 N–H and O–H groups in total. The van der Waals surface area contributed by atoms with Crippen LogP contribution in [0, 0.1) is 12.8 Å². The van der Waals surface area contributed by atoms with Gasteiger partial charge in [0.15, 0.2) is 0 Å². The molecule has 5 rings (SSSR count). The van der Waals surface area contributed by atoms with Gasteiger partial charge in [-0.3, -0.25) is 0 Å². The van der Waals surface area contributed by atoms with Crippen LogP contribution in [0.25, 0.3) is 21.6 Å². The molecule has 31 heavy (non-hydrogen) atoms. The van der Waals surface area contributed by atoms with Gasteiger partial charge in [-0.15, -0.1) is 0 Å². The van der Waals surface area contributed by atoms with E-state index in [0.717, 1.165) is 53.5 Å². The van der Waals surface area contributed by atoms with Crippen LogP contribution in [0.15, 0.2) is 36.4 Å². The van der Waals surface area contributed by atoms with Crippen molar-refractivity contribution >= 4 is 27.6 Å². The predicted molar refractivity (Wildman–Crippen MR) is 121 cm³/mol. The molecule has 0 aliphatic carbocycles. The van der Waals surface area contributed by atoms with Gasteiger partial charge in [-0.2, -0.15) is 0 Å². The van der Waals surface area contributed by atoms with Crippen molar-refractivity contribution in [2.24, 2.45) is 13.0 Å². The summed E-state index contributed by atoms with van der Waals surface area (Å²) in [5.41, 5.74) is 4.20. The Morgan fingerprint density at radius 3 is 2.55 bits per heavy atom. The highest BCUT2D eigenvalue weighted by Gasteiger charge is 2.27. The maximum Gasteiger partial charge on any atom is 0.276 e. The zero-order valence-corrected chi connectivity index (χ0v) is 18.7. The quantitative estimate of drug-likeness (QED) is 0.470. The first kappa shape index (κ1) is 19.9. The second-order valence-electron chi connectivity index (χ2n) is 8.12. The maximum absolute atomic E-state index is 6.25. The minimum absolute atomic E-state index is 0.0944. The van der Waals surface area contributed by atoms with Crippen LogP contribution >= 0.6 is 11.3 Å². The van der Waals surface area contributed by atoms with Crippen molar-refractivity contribution in [1.82, 2.24) is 30.2 Å². The molecule has 0 spiro atoms. The van der Waals surface area contributed by atoms with Crippen LogP contribution in [0.3, 0.4) is 0 Å². The summed E-state index contributed by atoms with van der Waals surface area (Å²) in [7, 11) is 1.87. The van der Waals surface area contributed by atoms with E-state index < -0.39 is 0 Å². The van der Waals surface area contributed by atoms with Crippen LogP contribution < -0.4 is 9.64 Å². The molecular formula is C22H25N7OS. The standard InChI is InChI=1S/C22H25N7OS/c1-14-4-6-17(7-5-14)18-8-9-19-20(23-18)31-22(24-19)30-15(2)16-10-12-29(13-11-16)21-25-26-27-28(21)3/h4-9,15-16H,10-13H2,1-3H3. The highest BCUT2D eigenvalue weighted by atomic mass is 32.1. The molecule has 4 heterocycles. The van der Waals surface area contributed by atoms with Crippen LogP contribution in [0.2, 0.25) is 0 Å². The smallest absolute Gasteiger partial charge is 0.276 e. The molecule has 0 radical (unpaired) electrons. The van der Waals surface area contributed by atoms with Crippen LogP contribution in [0.1, 0.15) is 25.3 Å². The van der Waals surface area contributed by atoms with Gasteiger partial charge in [0, 0.05) is 25.7 Å². The van der Waals surface area contributed by atoms with Crippen molar-refractivity contribution in [2.45, 2.75) is 32.8 Å². The first-order valence-electron chi connectivity index (χ1n) is 10.6. The second-order valence-corrected chi connectivity index (χ2v) is 9.06. The van der Waals surface area contributed by atoms with Gasteiger partial charge >= 0.3 is 0 Å². The molecule has 8 nitrogen and oxygen atoms in total. The third kappa shape index (κ3) is 4.10. The number of ether oxygens (including phenoxy) is 1. The number of tetrazole rings is 1. The van der Waals surface area contributed by atoms with Crippen molar-refractivity contribution in [2.75, 3.05) is 18.0 Å². The topological polar surface area (TPSA) is 81.9 Å². The van der Waals surface area contributed by atoms with E-state index in [1.807, 2.05) is 19.2 Å². The number of piperidine rings is 1. The number of aryl methyl sites for hydroxylation is 2. The number of aromatic nitrogens is 6. The van der Waals surface area contributed by atoms with E-state index in [1.165, 1.54) is 16.9 Å². The lowest BCUT2D eigenvalue weighted by Crippen LogP contribution is -2.39. The molecule has 1 aliphatic heterocycles. The summed E-state index contributed by atoms with van der Waals surface area (Å²) < 4.78 is 7.97. The number of anilines is 1. The number of hydrogen-bond donors (Lipinski definition) is 0. The summed E-state index contributed by atoms with van der Waals surface area (Å²) in [6, 6.07) is 12.5. The van der Waals surface area contributed by atoms with E-state index in [2.05, 4.69) is 63.5 Å². The first-order valence-corrected chi connectivity index (χ1v) is 11.4. The molecule has 0 saturated carbocycles. The van der Waals surface area contributed by atoms with Gasteiger partial charge in [0.05, 0.1) is 5.69 Å². The predicted octanol–water partition coefficient (Wildman–Crippen LogP) is 3.87.